The highest BCUT2D eigenvalue weighted by molar-refractivity contribution is 6.20. The molecule has 0 spiro atoms. The van der Waals surface area contributed by atoms with Crippen molar-refractivity contribution in [3.05, 3.63) is 247 Å². The number of pyridine rings is 1. The quantitative estimate of drug-likeness (QED) is 0.159. The first-order valence-corrected chi connectivity index (χ1v) is 23.6. The van der Waals surface area contributed by atoms with Crippen LogP contribution in [-0.2, 0) is 0 Å². The first-order valence-electron chi connectivity index (χ1n) is 23.6. The van der Waals surface area contributed by atoms with Crippen LogP contribution in [0.5, 0.6) is 0 Å². The van der Waals surface area contributed by atoms with Crippen LogP contribution in [0.3, 0.4) is 0 Å². The van der Waals surface area contributed by atoms with Gasteiger partial charge in [-0.15, -0.1) is 0 Å². The molecule has 4 heteroatoms. The smallest absolute Gasteiger partial charge is 0.263 e. The third-order valence-corrected chi connectivity index (χ3v) is 14.8. The van der Waals surface area contributed by atoms with Gasteiger partial charge in [0.25, 0.3) is 5.56 Å². The predicted octanol–water partition coefficient (Wildman–Crippen LogP) is 16.5. The van der Waals surface area contributed by atoms with Crippen molar-refractivity contribution < 1.29 is 0 Å². The average Bonchev–Trinajstić information content (AvgIpc) is 4.06. The van der Waals surface area contributed by atoms with Gasteiger partial charge in [-0.05, 0) is 105 Å². The van der Waals surface area contributed by atoms with Gasteiger partial charge in [-0.2, -0.15) is 0 Å². The van der Waals surface area contributed by atoms with Crippen molar-refractivity contribution in [2.24, 2.45) is 0 Å². The highest BCUT2D eigenvalue weighted by Crippen LogP contribution is 2.41. The molecular weight excluding hydrogens is 839 g/mol. The fourth-order valence-corrected chi connectivity index (χ4v) is 11.7. The molecule has 0 fully saturated rings. The molecule has 0 aliphatic carbocycles. The number of rotatable bonds is 5. The van der Waals surface area contributed by atoms with Crippen LogP contribution in [0.15, 0.2) is 241 Å². The summed E-state index contributed by atoms with van der Waals surface area (Å²) in [5.41, 5.74) is 15.8. The number of hydrogen-bond donors (Lipinski definition) is 0. The number of hydrogen-bond acceptors (Lipinski definition) is 1. The average molecular weight is 878 g/mol. The van der Waals surface area contributed by atoms with Crippen molar-refractivity contribution >= 4 is 92.3 Å². The Labute approximate surface area is 395 Å². The van der Waals surface area contributed by atoms with Gasteiger partial charge < -0.3 is 9.13 Å². The predicted molar refractivity (Wildman–Crippen MR) is 290 cm³/mol. The molecule has 4 heterocycles. The van der Waals surface area contributed by atoms with E-state index in [4.69, 9.17) is 0 Å². The Morgan fingerprint density at radius 1 is 0.261 bits per heavy atom. The number of benzene rings is 11. The molecule has 0 aliphatic rings. The lowest BCUT2D eigenvalue weighted by Gasteiger charge is -2.15. The van der Waals surface area contributed by atoms with E-state index in [0.29, 0.717) is 0 Å². The van der Waals surface area contributed by atoms with Gasteiger partial charge in [0.15, 0.2) is 0 Å². The highest BCUT2D eigenvalue weighted by Gasteiger charge is 2.20. The second kappa shape index (κ2) is 14.4. The Balaban J connectivity index is 0.817. The van der Waals surface area contributed by atoms with Crippen molar-refractivity contribution in [1.29, 1.82) is 0 Å². The van der Waals surface area contributed by atoms with Crippen LogP contribution in [0.2, 0.25) is 0 Å². The maximum absolute atomic E-state index is 14.3. The zero-order chi connectivity index (χ0) is 45.3. The highest BCUT2D eigenvalue weighted by atomic mass is 16.1. The maximum atomic E-state index is 14.3. The number of nitrogens with zero attached hydrogens (tertiary/aromatic N) is 3. The topological polar surface area (TPSA) is 31.3 Å². The first kappa shape index (κ1) is 37.9. The van der Waals surface area contributed by atoms with Gasteiger partial charge in [0.1, 0.15) is 0 Å². The summed E-state index contributed by atoms with van der Waals surface area (Å²) in [6, 6.07) is 85.1. The van der Waals surface area contributed by atoms with E-state index in [0.717, 1.165) is 66.0 Å². The molecule has 0 unspecified atom stereocenters. The summed E-state index contributed by atoms with van der Waals surface area (Å²) < 4.78 is 6.74. The fraction of sp³-hybridized carbons (Fsp3) is 0. The SMILES string of the molecule is O=c1c2cc(-c3ccc(-c4ccc(-n5c6ccccc6c6cc(-c7cccc(-n8c9ccccc9c9ccccc98)c7)ccc65)c5ccccc45)cc3)ccc2c2cccc3c4ccccc4n1c23. The van der Waals surface area contributed by atoms with Gasteiger partial charge in [-0.25, -0.2) is 0 Å². The molecule has 0 radical (unpaired) electrons. The van der Waals surface area contributed by atoms with E-state index in [9.17, 15) is 4.79 Å². The summed E-state index contributed by atoms with van der Waals surface area (Å²) in [6.07, 6.45) is 0. The molecule has 4 nitrogen and oxygen atoms in total. The van der Waals surface area contributed by atoms with Crippen molar-refractivity contribution in [2.75, 3.05) is 0 Å². The van der Waals surface area contributed by atoms with Crippen LogP contribution < -0.4 is 5.56 Å². The van der Waals surface area contributed by atoms with Gasteiger partial charge in [0, 0.05) is 54.2 Å². The third kappa shape index (κ3) is 5.43. The van der Waals surface area contributed by atoms with Crippen LogP contribution in [0, 0.1) is 0 Å². The van der Waals surface area contributed by atoms with E-state index >= 15 is 0 Å². The van der Waals surface area contributed by atoms with E-state index in [1.807, 2.05) is 22.6 Å². The molecule has 0 saturated heterocycles. The lowest BCUT2D eigenvalue weighted by molar-refractivity contribution is 1.18. The summed E-state index contributed by atoms with van der Waals surface area (Å²) >= 11 is 0. The molecule has 69 heavy (non-hydrogen) atoms. The minimum Gasteiger partial charge on any atom is -0.309 e. The second-order valence-electron chi connectivity index (χ2n) is 18.4. The van der Waals surface area contributed by atoms with Crippen LogP contribution in [0.1, 0.15) is 0 Å². The Hall–Kier alpha value is -9.25. The maximum Gasteiger partial charge on any atom is 0.263 e. The molecule has 0 aliphatic heterocycles. The van der Waals surface area contributed by atoms with Crippen molar-refractivity contribution in [3.8, 4) is 44.8 Å². The Morgan fingerprint density at radius 3 is 1.46 bits per heavy atom. The molecule has 0 atom stereocenters. The molecule has 0 bridgehead atoms. The molecule has 4 aromatic heterocycles. The first-order chi connectivity index (χ1) is 34.2. The Kier molecular flexibility index (Phi) is 7.90. The lowest BCUT2D eigenvalue weighted by atomic mass is 9.94. The summed E-state index contributed by atoms with van der Waals surface area (Å²) in [5.74, 6) is 0. The Bertz CT molecular complexity index is 4630. The van der Waals surface area contributed by atoms with Crippen molar-refractivity contribution in [3.63, 3.8) is 0 Å². The minimum atomic E-state index is 0.0184. The molecule has 0 amide bonds. The molecule has 0 N–H and O–H groups in total. The van der Waals surface area contributed by atoms with Gasteiger partial charge in [-0.3, -0.25) is 9.20 Å². The molecule has 320 valence electrons. The molecule has 11 aromatic carbocycles. The van der Waals surface area contributed by atoms with E-state index in [1.54, 1.807) is 0 Å². The Morgan fingerprint density at radius 2 is 0.739 bits per heavy atom. The number of fused-ring (bicyclic) bond motifs is 12. The van der Waals surface area contributed by atoms with Gasteiger partial charge in [0.05, 0.1) is 38.8 Å². The van der Waals surface area contributed by atoms with Gasteiger partial charge in [-0.1, -0.05) is 176 Å². The van der Waals surface area contributed by atoms with Crippen LogP contribution in [0.25, 0.3) is 137 Å². The van der Waals surface area contributed by atoms with Crippen LogP contribution in [-0.4, -0.2) is 13.5 Å². The zero-order valence-electron chi connectivity index (χ0n) is 37.3. The lowest BCUT2D eigenvalue weighted by Crippen LogP contribution is -2.12. The summed E-state index contributed by atoms with van der Waals surface area (Å²) in [4.78, 5) is 14.3. The largest absolute Gasteiger partial charge is 0.309 e. The van der Waals surface area contributed by atoms with E-state index in [-0.39, 0.29) is 5.56 Å². The third-order valence-electron chi connectivity index (χ3n) is 14.8. The fourth-order valence-electron chi connectivity index (χ4n) is 11.7. The normalized spacial score (nSPS) is 12.1. The van der Waals surface area contributed by atoms with Crippen molar-refractivity contribution in [2.45, 2.75) is 0 Å². The minimum absolute atomic E-state index is 0.0184. The summed E-state index contributed by atoms with van der Waals surface area (Å²) in [5, 5.41) is 12.4. The van der Waals surface area contributed by atoms with E-state index in [1.165, 1.54) is 71.1 Å². The number of aromatic nitrogens is 3. The second-order valence-corrected chi connectivity index (χ2v) is 18.4. The van der Waals surface area contributed by atoms with Gasteiger partial charge in [0.2, 0.25) is 0 Å². The van der Waals surface area contributed by atoms with Crippen LogP contribution in [0.4, 0.5) is 0 Å². The van der Waals surface area contributed by atoms with Crippen LogP contribution >= 0.6 is 0 Å². The van der Waals surface area contributed by atoms with Gasteiger partial charge >= 0.3 is 0 Å². The molecular formula is C65H39N3O. The van der Waals surface area contributed by atoms with E-state index < -0.39 is 0 Å². The molecule has 0 saturated carbocycles. The number of para-hydroxylation sites is 5. The molecule has 15 rings (SSSR count). The van der Waals surface area contributed by atoms with E-state index in [2.05, 4.69) is 228 Å². The monoisotopic (exact) mass is 877 g/mol. The summed E-state index contributed by atoms with van der Waals surface area (Å²) in [7, 11) is 0. The molecule has 15 aromatic rings. The zero-order valence-corrected chi connectivity index (χ0v) is 37.3. The summed E-state index contributed by atoms with van der Waals surface area (Å²) in [6.45, 7) is 0. The van der Waals surface area contributed by atoms with Crippen molar-refractivity contribution in [1.82, 2.24) is 13.5 Å². The standard InChI is InChI=1S/C65H39N3O/c69-65-57-39-43(31-33-48(57)54-21-12-22-55-52-19-5-10-26-61(52)68(65)64(54)55)40-27-29-41(30-28-40)46-34-36-62(49-16-2-1-15-47(46)49)67-60-25-9-6-20-53(60)56-38-44(32-35-63(56)67)42-13-11-14-45(37-42)66-58-23-7-3-17-50(58)51-18-4-8-24-59(51)66/h1-39H.